The molecule has 28 heavy (non-hydrogen) atoms. The van der Waals surface area contributed by atoms with Crippen LogP contribution in [0.4, 0.5) is 0 Å². The maximum absolute atomic E-state index is 13.1. The predicted octanol–water partition coefficient (Wildman–Crippen LogP) is 2.40. The number of carbonyl (C=O) groups is 1. The van der Waals surface area contributed by atoms with E-state index in [9.17, 15) is 17.4 Å². The van der Waals surface area contributed by atoms with Crippen LogP contribution in [0.2, 0.25) is 0 Å². The third-order valence-electron chi connectivity index (χ3n) is 3.81. The number of carbonyl (C=O) groups excluding carboxylic acids is 1. The summed E-state index contributed by atoms with van der Waals surface area (Å²) in [5.74, 6) is 3.47. The largest absolute Gasteiger partial charge is 0.490 e. The smallest absolute Gasteiger partial charge is 0.257 e. The summed E-state index contributed by atoms with van der Waals surface area (Å²) in [6.07, 6.45) is 2.46. The number of sulfone groups is 1. The number of benzene rings is 1. The van der Waals surface area contributed by atoms with E-state index < -0.39 is 19.6 Å². The van der Waals surface area contributed by atoms with Gasteiger partial charge in [-0.05, 0) is 58.2 Å². The number of amides is 1. The van der Waals surface area contributed by atoms with Gasteiger partial charge in [-0.2, -0.15) is 0 Å². The first-order valence-electron chi connectivity index (χ1n) is 9.05. The van der Waals surface area contributed by atoms with E-state index in [1.807, 2.05) is 20.8 Å². The number of ether oxygens (including phenoxy) is 1. The molecule has 1 rings (SSSR count). The quantitative estimate of drug-likeness (QED) is 0.526. The molecule has 1 aromatic rings. The van der Waals surface area contributed by atoms with Gasteiger partial charge in [0.1, 0.15) is 5.75 Å². The third kappa shape index (κ3) is 7.81. The monoisotopic (exact) mass is 433 g/mol. The van der Waals surface area contributed by atoms with Gasteiger partial charge in [-0.1, -0.05) is 0 Å². The van der Waals surface area contributed by atoms with Crippen LogP contribution in [0.25, 0.3) is 0 Å². The molecule has 2 unspecified atom stereocenters. The van der Waals surface area contributed by atoms with Crippen LogP contribution in [0, 0.1) is 0 Å². The fraction of sp³-hybridized carbons (Fsp3) is 0.579. The Morgan fingerprint density at radius 2 is 1.79 bits per heavy atom. The molecule has 9 heteroatoms. The van der Waals surface area contributed by atoms with Crippen molar-refractivity contribution in [1.82, 2.24) is 4.90 Å². The predicted molar refractivity (Wildman–Crippen MR) is 113 cm³/mol. The Kier molecular flexibility index (Phi) is 8.52. The minimum Gasteiger partial charge on any atom is -0.490 e. The minimum absolute atomic E-state index is 0.0579. The number of hydrogen-bond donors (Lipinski definition) is 0. The zero-order valence-corrected chi connectivity index (χ0v) is 19.1. The van der Waals surface area contributed by atoms with Gasteiger partial charge in [0.15, 0.2) is 9.84 Å². The lowest BCUT2D eigenvalue weighted by molar-refractivity contribution is 0.0739. The summed E-state index contributed by atoms with van der Waals surface area (Å²) < 4.78 is 46.5. The summed E-state index contributed by atoms with van der Waals surface area (Å²) >= 11 is 0. The zero-order valence-electron chi connectivity index (χ0n) is 17.4. The second-order valence-corrected chi connectivity index (χ2v) is 11.2. The zero-order chi connectivity index (χ0) is 21.7. The van der Waals surface area contributed by atoms with Crippen molar-refractivity contribution in [2.24, 2.45) is 0 Å². The Labute approximate surface area is 169 Å². The Morgan fingerprint density at radius 1 is 1.18 bits per heavy atom. The molecule has 0 aliphatic carbocycles. The van der Waals surface area contributed by atoms with E-state index in [0.29, 0.717) is 25.3 Å². The normalized spacial score (nSPS) is 15.1. The number of nitrogens with zero attached hydrogens (tertiary/aromatic N) is 1. The molecular formula is C19H31NO6S2. The summed E-state index contributed by atoms with van der Waals surface area (Å²) in [5, 5.41) is 0. The maximum atomic E-state index is 13.1. The number of hydrogen-bond acceptors (Lipinski definition) is 6. The van der Waals surface area contributed by atoms with Crippen molar-refractivity contribution in [2.75, 3.05) is 25.6 Å². The van der Waals surface area contributed by atoms with E-state index in [1.165, 1.54) is 24.5 Å². The van der Waals surface area contributed by atoms with Crippen molar-refractivity contribution in [2.45, 2.75) is 51.2 Å². The Morgan fingerprint density at radius 3 is 2.25 bits per heavy atom. The molecule has 0 spiro atoms. The summed E-state index contributed by atoms with van der Waals surface area (Å²) in [5.41, 5.74) is 0.198. The van der Waals surface area contributed by atoms with E-state index in [1.54, 1.807) is 11.8 Å². The molecule has 0 bridgehead atoms. The van der Waals surface area contributed by atoms with E-state index in [4.69, 9.17) is 8.92 Å². The SMILES string of the molecule is C=S(C)(=O)OC(C)CCN(CC)C(=O)c1cc(S(C)(=O)=O)ccc1OC(C)C. The minimum atomic E-state index is -3.47. The van der Waals surface area contributed by atoms with Gasteiger partial charge in [0.05, 0.1) is 32.5 Å². The van der Waals surface area contributed by atoms with E-state index in [2.05, 4.69) is 5.87 Å². The average molecular weight is 434 g/mol. The highest BCUT2D eigenvalue weighted by molar-refractivity contribution is 7.95. The van der Waals surface area contributed by atoms with Crippen molar-refractivity contribution in [3.05, 3.63) is 23.8 Å². The van der Waals surface area contributed by atoms with Gasteiger partial charge in [0.2, 0.25) is 0 Å². The Hall–Kier alpha value is -1.58. The van der Waals surface area contributed by atoms with Crippen LogP contribution in [0.3, 0.4) is 0 Å². The fourth-order valence-corrected chi connectivity index (χ4v) is 4.01. The van der Waals surface area contributed by atoms with Gasteiger partial charge in [-0.3, -0.25) is 8.98 Å². The molecule has 0 heterocycles. The van der Waals surface area contributed by atoms with Crippen molar-refractivity contribution in [3.63, 3.8) is 0 Å². The molecule has 1 aromatic carbocycles. The molecule has 0 aromatic heterocycles. The van der Waals surface area contributed by atoms with Crippen LogP contribution < -0.4 is 4.74 Å². The van der Waals surface area contributed by atoms with Crippen LogP contribution in [0.15, 0.2) is 23.1 Å². The molecule has 0 aliphatic heterocycles. The van der Waals surface area contributed by atoms with Crippen LogP contribution in [-0.2, 0) is 23.8 Å². The maximum Gasteiger partial charge on any atom is 0.257 e. The van der Waals surface area contributed by atoms with Crippen LogP contribution in [0.5, 0.6) is 5.75 Å². The highest BCUT2D eigenvalue weighted by Gasteiger charge is 2.22. The van der Waals surface area contributed by atoms with Crippen molar-refractivity contribution >= 4 is 31.4 Å². The van der Waals surface area contributed by atoms with E-state index in [-0.39, 0.29) is 28.6 Å². The van der Waals surface area contributed by atoms with Gasteiger partial charge in [0, 0.05) is 25.6 Å². The molecule has 2 atom stereocenters. The lowest BCUT2D eigenvalue weighted by Crippen LogP contribution is -2.34. The highest BCUT2D eigenvalue weighted by atomic mass is 32.2. The molecule has 7 nitrogen and oxygen atoms in total. The van der Waals surface area contributed by atoms with Crippen LogP contribution >= 0.6 is 0 Å². The van der Waals surface area contributed by atoms with Gasteiger partial charge in [0.25, 0.3) is 5.91 Å². The molecule has 0 saturated heterocycles. The first kappa shape index (κ1) is 24.5. The molecule has 0 radical (unpaired) electrons. The lowest BCUT2D eigenvalue weighted by atomic mass is 10.1. The van der Waals surface area contributed by atoms with Crippen LogP contribution in [0.1, 0.15) is 44.5 Å². The van der Waals surface area contributed by atoms with Crippen molar-refractivity contribution in [3.8, 4) is 5.75 Å². The standard InChI is InChI=1S/C19H31NO6S2/c1-8-20(12-11-15(4)26-27(5,6)22)19(21)17-13-16(28(7,23)24)9-10-18(17)25-14(2)3/h9-10,13-15H,5,8,11-12H2,1-4,6-7H3. The summed E-state index contributed by atoms with van der Waals surface area (Å²) in [6, 6.07) is 4.30. The van der Waals surface area contributed by atoms with Gasteiger partial charge >= 0.3 is 0 Å². The summed E-state index contributed by atoms with van der Waals surface area (Å²) in [4.78, 5) is 14.7. The average Bonchev–Trinajstić information content (AvgIpc) is 2.52. The second-order valence-electron chi connectivity index (χ2n) is 7.10. The van der Waals surface area contributed by atoms with Gasteiger partial charge in [-0.15, -0.1) is 0 Å². The van der Waals surface area contributed by atoms with E-state index in [0.717, 1.165) is 6.26 Å². The second kappa shape index (κ2) is 9.76. The number of rotatable bonds is 10. The fourth-order valence-electron chi connectivity index (χ4n) is 2.57. The Bertz CT molecular complexity index is 891. The van der Waals surface area contributed by atoms with E-state index >= 15 is 0 Å². The molecule has 160 valence electrons. The van der Waals surface area contributed by atoms with Crippen molar-refractivity contribution < 1.29 is 26.3 Å². The first-order chi connectivity index (χ1) is 12.7. The lowest BCUT2D eigenvalue weighted by Gasteiger charge is -2.24. The molecule has 0 aliphatic rings. The highest BCUT2D eigenvalue weighted by Crippen LogP contribution is 2.25. The molecule has 0 saturated carbocycles. The molecular weight excluding hydrogens is 402 g/mol. The summed E-state index contributed by atoms with van der Waals surface area (Å²) in [7, 11) is -6.05. The molecule has 0 N–H and O–H groups in total. The van der Waals surface area contributed by atoms with Crippen LogP contribution in [-0.4, -0.2) is 67.1 Å². The summed E-state index contributed by atoms with van der Waals surface area (Å²) in [6.45, 7) is 8.03. The topological polar surface area (TPSA) is 90.0 Å². The van der Waals surface area contributed by atoms with Crippen molar-refractivity contribution in [1.29, 1.82) is 0 Å². The third-order valence-corrected chi connectivity index (χ3v) is 5.66. The first-order valence-corrected chi connectivity index (χ1v) is 13.0. The van der Waals surface area contributed by atoms with Gasteiger partial charge in [-0.25, -0.2) is 12.6 Å². The molecule has 1 amide bonds. The Balaban J connectivity index is 3.14. The van der Waals surface area contributed by atoms with Gasteiger partial charge < -0.3 is 9.64 Å². The molecule has 0 fully saturated rings.